The fourth-order valence-corrected chi connectivity index (χ4v) is 3.70. The number of alkyl halides is 3. The molecule has 178 valence electrons. The molecule has 0 heterocycles. The molecular weight excluding hydrogens is 489 g/mol. The number of halogens is 4. The predicted molar refractivity (Wildman–Crippen MR) is 115 cm³/mol. The number of oxime groups is 1. The van der Waals surface area contributed by atoms with Gasteiger partial charge in [-0.3, -0.25) is 9.59 Å². The van der Waals surface area contributed by atoms with Crippen molar-refractivity contribution in [3.05, 3.63) is 53.1 Å². The lowest BCUT2D eigenvalue weighted by Crippen LogP contribution is -2.23. The third kappa shape index (κ3) is 7.44. The molecule has 2 N–H and O–H groups in total. The van der Waals surface area contributed by atoms with Crippen LogP contribution in [0, 0.1) is 0 Å². The molecule has 0 unspecified atom stereocenters. The van der Waals surface area contributed by atoms with E-state index in [9.17, 15) is 31.2 Å². The Hall–Kier alpha value is -3.16. The van der Waals surface area contributed by atoms with Crippen LogP contribution in [0.3, 0.4) is 0 Å². The van der Waals surface area contributed by atoms with E-state index in [2.05, 4.69) is 20.6 Å². The van der Waals surface area contributed by atoms with Crippen LogP contribution in [0.2, 0.25) is 5.02 Å². The zero-order chi connectivity index (χ0) is 24.8. The Bertz CT molecular complexity index is 1170. The number of hydrogen-bond donors (Lipinski definition) is 2. The maximum absolute atomic E-state index is 12.7. The summed E-state index contributed by atoms with van der Waals surface area (Å²) in [6, 6.07) is 7.82. The molecule has 0 fully saturated rings. The van der Waals surface area contributed by atoms with Crippen molar-refractivity contribution in [3.8, 4) is 0 Å². The van der Waals surface area contributed by atoms with Crippen molar-refractivity contribution < 1.29 is 36.0 Å². The molecule has 2 aromatic rings. The Morgan fingerprint density at radius 3 is 2.42 bits per heavy atom. The lowest BCUT2D eigenvalue weighted by molar-refractivity contribution is -0.137. The Morgan fingerprint density at radius 1 is 1.12 bits per heavy atom. The second-order valence-corrected chi connectivity index (χ2v) is 9.08. The highest BCUT2D eigenvalue weighted by atomic mass is 35.5. The zero-order valence-electron chi connectivity index (χ0n) is 17.2. The minimum Gasteiger partial charge on any atom is -0.385 e. The normalized spacial score (nSPS) is 12.1. The second-order valence-electron chi connectivity index (χ2n) is 6.56. The highest BCUT2D eigenvalue weighted by molar-refractivity contribution is 7.89. The SMILES string of the molecule is CN(C)S(=O)(=O)c1cc(NC(=O)CON=CC(=O)Nc2cccc(C(F)(F)F)c2)ccc1Cl. The smallest absolute Gasteiger partial charge is 0.385 e. The number of amides is 2. The Kier molecular flexibility index (Phi) is 8.41. The van der Waals surface area contributed by atoms with Gasteiger partial charge in [-0.15, -0.1) is 0 Å². The van der Waals surface area contributed by atoms with E-state index in [-0.39, 0.29) is 21.3 Å². The molecule has 9 nitrogen and oxygen atoms in total. The van der Waals surface area contributed by atoms with E-state index in [0.717, 1.165) is 22.5 Å². The molecule has 0 aliphatic carbocycles. The van der Waals surface area contributed by atoms with E-state index in [0.29, 0.717) is 6.21 Å². The van der Waals surface area contributed by atoms with Crippen LogP contribution in [0.4, 0.5) is 24.5 Å². The third-order valence-corrected chi connectivity index (χ3v) is 6.17. The van der Waals surface area contributed by atoms with Gasteiger partial charge in [-0.1, -0.05) is 22.8 Å². The first-order valence-electron chi connectivity index (χ1n) is 8.96. The first kappa shape index (κ1) is 26.1. The maximum atomic E-state index is 12.7. The molecule has 0 saturated carbocycles. The summed E-state index contributed by atoms with van der Waals surface area (Å²) in [6.45, 7) is -0.633. The molecule has 0 bridgehead atoms. The monoisotopic (exact) mass is 506 g/mol. The number of nitrogens with zero attached hydrogens (tertiary/aromatic N) is 2. The summed E-state index contributed by atoms with van der Waals surface area (Å²) in [5.74, 6) is -1.60. The van der Waals surface area contributed by atoms with Crippen LogP contribution in [0.1, 0.15) is 5.56 Å². The summed E-state index contributed by atoms with van der Waals surface area (Å²) in [5.41, 5.74) is -0.918. The molecule has 14 heteroatoms. The lowest BCUT2D eigenvalue weighted by Gasteiger charge is -2.14. The quantitative estimate of drug-likeness (QED) is 0.421. The number of anilines is 2. The number of carbonyl (C=O) groups excluding carboxylic acids is 2. The maximum Gasteiger partial charge on any atom is 0.416 e. The Labute approximate surface area is 192 Å². The highest BCUT2D eigenvalue weighted by Gasteiger charge is 2.30. The molecule has 0 aliphatic heterocycles. The number of benzene rings is 2. The fraction of sp³-hybridized carbons (Fsp3) is 0.211. The number of hydrogen-bond acceptors (Lipinski definition) is 6. The van der Waals surface area contributed by atoms with E-state index >= 15 is 0 Å². The Balaban J connectivity index is 1.90. The molecule has 0 aliphatic rings. The van der Waals surface area contributed by atoms with E-state index in [1.54, 1.807) is 0 Å². The number of carbonyl (C=O) groups is 2. The predicted octanol–water partition coefficient (Wildman–Crippen LogP) is 3.19. The van der Waals surface area contributed by atoms with Crippen LogP contribution >= 0.6 is 11.6 Å². The van der Waals surface area contributed by atoms with Crippen molar-refractivity contribution in [2.45, 2.75) is 11.1 Å². The molecule has 0 aromatic heterocycles. The first-order valence-corrected chi connectivity index (χ1v) is 10.8. The van der Waals surface area contributed by atoms with Crippen LogP contribution < -0.4 is 10.6 Å². The van der Waals surface area contributed by atoms with Crippen LogP contribution in [-0.4, -0.2) is 51.5 Å². The van der Waals surface area contributed by atoms with Gasteiger partial charge in [0.25, 0.3) is 11.8 Å². The summed E-state index contributed by atoms with van der Waals surface area (Å²) < 4.78 is 63.5. The van der Waals surface area contributed by atoms with Crippen LogP contribution in [0.25, 0.3) is 0 Å². The summed E-state index contributed by atoms with van der Waals surface area (Å²) >= 11 is 5.93. The van der Waals surface area contributed by atoms with Crippen LogP contribution in [-0.2, 0) is 30.6 Å². The molecule has 2 rings (SSSR count). The van der Waals surface area contributed by atoms with Gasteiger partial charge in [0, 0.05) is 25.5 Å². The Morgan fingerprint density at radius 2 is 1.79 bits per heavy atom. The average Bonchev–Trinajstić information content (AvgIpc) is 2.72. The van der Waals surface area contributed by atoms with Crippen LogP contribution in [0.15, 0.2) is 52.5 Å². The summed E-state index contributed by atoms with van der Waals surface area (Å²) in [5, 5.41) is 7.79. The van der Waals surface area contributed by atoms with Gasteiger partial charge >= 0.3 is 6.18 Å². The van der Waals surface area contributed by atoms with Crippen molar-refractivity contribution in [1.82, 2.24) is 4.31 Å². The topological polar surface area (TPSA) is 117 Å². The van der Waals surface area contributed by atoms with Crippen molar-refractivity contribution in [1.29, 1.82) is 0 Å². The van der Waals surface area contributed by atoms with Gasteiger partial charge in [0.15, 0.2) is 6.61 Å². The number of rotatable bonds is 8. The second kappa shape index (κ2) is 10.6. The summed E-state index contributed by atoms with van der Waals surface area (Å²) in [6.07, 6.45) is -3.93. The van der Waals surface area contributed by atoms with E-state index < -0.39 is 40.2 Å². The molecule has 0 atom stereocenters. The zero-order valence-corrected chi connectivity index (χ0v) is 18.8. The van der Waals surface area contributed by atoms with Gasteiger partial charge in [0.05, 0.1) is 10.6 Å². The fourth-order valence-electron chi connectivity index (χ4n) is 2.30. The molecule has 33 heavy (non-hydrogen) atoms. The highest BCUT2D eigenvalue weighted by Crippen LogP contribution is 2.30. The summed E-state index contributed by atoms with van der Waals surface area (Å²) in [4.78, 5) is 28.1. The van der Waals surface area contributed by atoms with Gasteiger partial charge in [-0.2, -0.15) is 13.2 Å². The number of sulfonamides is 1. The van der Waals surface area contributed by atoms with Gasteiger partial charge in [0.2, 0.25) is 10.0 Å². The van der Waals surface area contributed by atoms with Gasteiger partial charge in [-0.25, -0.2) is 12.7 Å². The van der Waals surface area contributed by atoms with E-state index in [1.807, 2.05) is 0 Å². The van der Waals surface area contributed by atoms with Crippen molar-refractivity contribution in [2.24, 2.45) is 5.16 Å². The largest absolute Gasteiger partial charge is 0.416 e. The average molecular weight is 507 g/mol. The molecule has 0 radical (unpaired) electrons. The van der Waals surface area contributed by atoms with E-state index in [1.165, 1.54) is 38.4 Å². The van der Waals surface area contributed by atoms with Gasteiger partial charge in [-0.05, 0) is 36.4 Å². The standard InChI is InChI=1S/C19H18ClF3N4O5S/c1-27(2)33(30,31)16-9-14(6-7-15(16)20)26-18(29)11-32-24-10-17(28)25-13-5-3-4-12(8-13)19(21,22)23/h3-10H,11H2,1-2H3,(H,25,28)(H,26,29). The van der Waals surface area contributed by atoms with Gasteiger partial charge < -0.3 is 15.5 Å². The van der Waals surface area contributed by atoms with E-state index in [4.69, 9.17) is 11.6 Å². The van der Waals surface area contributed by atoms with Crippen LogP contribution in [0.5, 0.6) is 0 Å². The minimum absolute atomic E-state index is 0.0330. The minimum atomic E-state index is -4.56. The third-order valence-electron chi connectivity index (χ3n) is 3.87. The van der Waals surface area contributed by atoms with Crippen molar-refractivity contribution in [2.75, 3.05) is 31.3 Å². The first-order chi connectivity index (χ1) is 15.3. The molecule has 2 amide bonds. The van der Waals surface area contributed by atoms with Crippen molar-refractivity contribution >= 4 is 51.0 Å². The van der Waals surface area contributed by atoms with Gasteiger partial charge in [0.1, 0.15) is 11.1 Å². The lowest BCUT2D eigenvalue weighted by atomic mass is 10.2. The van der Waals surface area contributed by atoms with Crippen molar-refractivity contribution in [3.63, 3.8) is 0 Å². The molecule has 0 saturated heterocycles. The molecule has 2 aromatic carbocycles. The molecular formula is C19H18ClF3N4O5S. The number of nitrogens with one attached hydrogen (secondary N) is 2. The molecule has 0 spiro atoms. The summed E-state index contributed by atoms with van der Waals surface area (Å²) in [7, 11) is -1.19.